The van der Waals surface area contributed by atoms with Gasteiger partial charge in [0.2, 0.25) is 0 Å². The number of hydrogen-bond donors (Lipinski definition) is 2. The second-order valence-electron chi connectivity index (χ2n) is 5.03. The molecule has 0 spiro atoms. The van der Waals surface area contributed by atoms with Crippen LogP contribution in [0.15, 0.2) is 42.5 Å². The fourth-order valence-electron chi connectivity index (χ4n) is 2.18. The van der Waals surface area contributed by atoms with Crippen LogP contribution in [0, 0.1) is 11.2 Å². The first kappa shape index (κ1) is 15.5. The summed E-state index contributed by atoms with van der Waals surface area (Å²) in [6.45, 7) is 1.20. The second-order valence-corrected chi connectivity index (χ2v) is 5.43. The van der Waals surface area contributed by atoms with Crippen LogP contribution in [0.25, 0.3) is 0 Å². The molecule has 0 unspecified atom stereocenters. The minimum Gasteiger partial charge on any atom is -0.384 e. The van der Waals surface area contributed by atoms with Crippen LogP contribution in [0.1, 0.15) is 16.7 Å². The topological polar surface area (TPSA) is 53.1 Å². The lowest BCUT2D eigenvalue weighted by Crippen LogP contribution is -2.18. The maximum atomic E-state index is 13.5. The van der Waals surface area contributed by atoms with Crippen LogP contribution in [-0.2, 0) is 13.1 Å². The first-order valence-electron chi connectivity index (χ1n) is 6.51. The molecular weight excluding hydrogens is 289 g/mol. The molecule has 5 heteroatoms. The van der Waals surface area contributed by atoms with Crippen molar-refractivity contribution >= 4 is 17.4 Å². The third kappa shape index (κ3) is 4.28. The Kier molecular flexibility index (Phi) is 4.94. The van der Waals surface area contributed by atoms with Crippen molar-refractivity contribution in [2.24, 2.45) is 5.73 Å². The summed E-state index contributed by atoms with van der Waals surface area (Å²) in [5.74, 6) is -0.520. The molecule has 0 atom stereocenters. The van der Waals surface area contributed by atoms with Crippen LogP contribution < -0.4 is 5.73 Å². The van der Waals surface area contributed by atoms with Crippen molar-refractivity contribution < 1.29 is 4.39 Å². The molecule has 0 fully saturated rings. The van der Waals surface area contributed by atoms with Gasteiger partial charge < -0.3 is 5.73 Å². The molecular formula is C16H17ClFN3. The summed E-state index contributed by atoms with van der Waals surface area (Å²) >= 11 is 6.13. The van der Waals surface area contributed by atoms with Gasteiger partial charge in [-0.05, 0) is 42.4 Å². The summed E-state index contributed by atoms with van der Waals surface area (Å²) in [7, 11) is 1.93. The lowest BCUT2D eigenvalue weighted by molar-refractivity contribution is 0.318. The van der Waals surface area contributed by atoms with E-state index in [4.69, 9.17) is 22.7 Å². The zero-order chi connectivity index (χ0) is 15.4. The molecule has 0 heterocycles. The number of amidine groups is 1. The predicted molar refractivity (Wildman–Crippen MR) is 84.0 cm³/mol. The van der Waals surface area contributed by atoms with E-state index >= 15 is 0 Å². The van der Waals surface area contributed by atoms with Gasteiger partial charge in [0.05, 0.1) is 0 Å². The first-order valence-corrected chi connectivity index (χ1v) is 6.89. The van der Waals surface area contributed by atoms with Crippen LogP contribution in [0.5, 0.6) is 0 Å². The molecule has 0 bridgehead atoms. The highest BCUT2D eigenvalue weighted by atomic mass is 35.5. The fraction of sp³-hybridized carbons (Fsp3) is 0.188. The quantitative estimate of drug-likeness (QED) is 0.657. The zero-order valence-electron chi connectivity index (χ0n) is 11.7. The van der Waals surface area contributed by atoms with Crippen molar-refractivity contribution in [3.05, 3.63) is 70.0 Å². The third-order valence-corrected chi connectivity index (χ3v) is 3.49. The maximum absolute atomic E-state index is 13.5. The van der Waals surface area contributed by atoms with Gasteiger partial charge in [-0.1, -0.05) is 29.8 Å². The summed E-state index contributed by atoms with van der Waals surface area (Å²) in [4.78, 5) is 2.03. The van der Waals surface area contributed by atoms with Crippen molar-refractivity contribution in [2.45, 2.75) is 13.1 Å². The normalized spacial score (nSPS) is 10.9. The molecule has 3 N–H and O–H groups in total. The minimum atomic E-state index is -0.385. The van der Waals surface area contributed by atoms with Crippen LogP contribution >= 0.6 is 11.6 Å². The van der Waals surface area contributed by atoms with Gasteiger partial charge in [0.1, 0.15) is 11.7 Å². The van der Waals surface area contributed by atoms with E-state index in [0.29, 0.717) is 23.7 Å². The van der Waals surface area contributed by atoms with Crippen LogP contribution in [0.4, 0.5) is 4.39 Å². The number of nitrogens with one attached hydrogen (secondary N) is 1. The smallest absolute Gasteiger partial charge is 0.124 e. The number of halogens is 2. The third-order valence-electron chi connectivity index (χ3n) is 3.12. The van der Waals surface area contributed by atoms with Crippen molar-refractivity contribution in [3.63, 3.8) is 0 Å². The Bertz CT molecular complexity index is 658. The van der Waals surface area contributed by atoms with E-state index < -0.39 is 0 Å². The van der Waals surface area contributed by atoms with Gasteiger partial charge in [0.25, 0.3) is 0 Å². The van der Waals surface area contributed by atoms with Crippen molar-refractivity contribution in [3.8, 4) is 0 Å². The Morgan fingerprint density at radius 3 is 2.62 bits per heavy atom. The van der Waals surface area contributed by atoms with Crippen LogP contribution in [0.3, 0.4) is 0 Å². The number of rotatable bonds is 5. The summed E-state index contributed by atoms with van der Waals surface area (Å²) in [6, 6.07) is 12.1. The van der Waals surface area contributed by atoms with Gasteiger partial charge >= 0.3 is 0 Å². The summed E-state index contributed by atoms with van der Waals surface area (Å²) in [6.07, 6.45) is 0. The number of benzene rings is 2. The lowest BCUT2D eigenvalue weighted by atomic mass is 10.1. The summed E-state index contributed by atoms with van der Waals surface area (Å²) in [5.41, 5.74) is 7.60. The molecule has 2 aromatic carbocycles. The Hall–Kier alpha value is -1.91. The minimum absolute atomic E-state index is 0.135. The van der Waals surface area contributed by atoms with Gasteiger partial charge in [0.15, 0.2) is 0 Å². The number of hydrogen-bond acceptors (Lipinski definition) is 2. The van der Waals surface area contributed by atoms with E-state index in [0.717, 1.165) is 11.1 Å². The molecule has 2 aromatic rings. The van der Waals surface area contributed by atoms with Gasteiger partial charge in [-0.2, -0.15) is 0 Å². The SMILES string of the molecule is CN(Cc1cc(F)cc(C(=N)N)c1)Cc1ccccc1Cl. The Balaban J connectivity index is 2.11. The maximum Gasteiger partial charge on any atom is 0.124 e. The van der Waals surface area contributed by atoms with E-state index in [2.05, 4.69) is 0 Å². The largest absolute Gasteiger partial charge is 0.384 e. The monoisotopic (exact) mass is 305 g/mol. The molecule has 0 aliphatic heterocycles. The van der Waals surface area contributed by atoms with Gasteiger partial charge in [-0.15, -0.1) is 0 Å². The van der Waals surface area contributed by atoms with E-state index in [9.17, 15) is 4.39 Å². The number of nitrogens with two attached hydrogens (primary N) is 1. The van der Waals surface area contributed by atoms with Crippen molar-refractivity contribution in [1.82, 2.24) is 4.90 Å². The van der Waals surface area contributed by atoms with Gasteiger partial charge in [0, 0.05) is 23.7 Å². The molecule has 21 heavy (non-hydrogen) atoms. The average molecular weight is 306 g/mol. The summed E-state index contributed by atoms with van der Waals surface area (Å²) < 4.78 is 13.5. The van der Waals surface area contributed by atoms with Crippen molar-refractivity contribution in [2.75, 3.05) is 7.05 Å². The molecule has 0 aromatic heterocycles. The Morgan fingerprint density at radius 1 is 1.24 bits per heavy atom. The van der Waals surface area contributed by atoms with E-state index in [1.807, 2.05) is 36.2 Å². The molecule has 0 aliphatic carbocycles. The Labute approximate surface area is 128 Å². The molecule has 0 radical (unpaired) electrons. The average Bonchev–Trinajstić information content (AvgIpc) is 2.40. The molecule has 0 aliphatic rings. The van der Waals surface area contributed by atoms with Crippen LogP contribution in [0.2, 0.25) is 5.02 Å². The molecule has 110 valence electrons. The van der Waals surface area contributed by atoms with E-state index in [1.54, 1.807) is 6.07 Å². The number of nitrogens with zero attached hydrogens (tertiary/aromatic N) is 1. The van der Waals surface area contributed by atoms with E-state index in [-0.39, 0.29) is 11.7 Å². The molecule has 2 rings (SSSR count). The van der Waals surface area contributed by atoms with Gasteiger partial charge in [-0.3, -0.25) is 10.3 Å². The molecule has 0 saturated heterocycles. The predicted octanol–water partition coefficient (Wildman–Crippen LogP) is 3.40. The molecule has 0 amide bonds. The zero-order valence-corrected chi connectivity index (χ0v) is 12.5. The highest BCUT2D eigenvalue weighted by molar-refractivity contribution is 6.31. The second kappa shape index (κ2) is 6.70. The standard InChI is InChI=1S/C16H17ClFN3/c1-21(10-12-4-2-3-5-15(12)17)9-11-6-13(16(19)20)8-14(18)7-11/h2-8H,9-10H2,1H3,(H3,19,20). The highest BCUT2D eigenvalue weighted by Gasteiger charge is 2.08. The molecule has 0 saturated carbocycles. The van der Waals surface area contributed by atoms with E-state index in [1.165, 1.54) is 12.1 Å². The summed E-state index contributed by atoms with van der Waals surface area (Å²) in [5, 5.41) is 8.11. The Morgan fingerprint density at radius 2 is 1.95 bits per heavy atom. The lowest BCUT2D eigenvalue weighted by Gasteiger charge is -2.18. The van der Waals surface area contributed by atoms with Gasteiger partial charge in [-0.25, -0.2) is 4.39 Å². The first-order chi connectivity index (χ1) is 9.95. The van der Waals surface area contributed by atoms with Crippen molar-refractivity contribution in [1.29, 1.82) is 5.41 Å². The fourth-order valence-corrected chi connectivity index (χ4v) is 2.38. The van der Waals surface area contributed by atoms with Crippen LogP contribution in [-0.4, -0.2) is 17.8 Å². The molecule has 3 nitrogen and oxygen atoms in total. The number of nitrogen functional groups attached to an aromatic ring is 1. The highest BCUT2D eigenvalue weighted by Crippen LogP contribution is 2.18.